The van der Waals surface area contributed by atoms with Crippen molar-refractivity contribution in [1.29, 1.82) is 0 Å². The van der Waals surface area contributed by atoms with Crippen LogP contribution in [-0.4, -0.2) is 65.2 Å². The molecule has 2 atom stereocenters. The number of aryl methyl sites for hydroxylation is 1. The third kappa shape index (κ3) is 7.15. The number of methoxy groups -OCH3 is 1. The second-order valence-electron chi connectivity index (χ2n) is 14.8. The van der Waals surface area contributed by atoms with E-state index in [1.54, 1.807) is 6.92 Å². The Hall–Kier alpha value is -5.22. The summed E-state index contributed by atoms with van der Waals surface area (Å²) in [4.78, 5) is 43.9. The first kappa shape index (κ1) is 39.0. The molecule has 292 valence electrons. The fourth-order valence-electron chi connectivity index (χ4n) is 7.81. The Labute approximate surface area is 328 Å². The van der Waals surface area contributed by atoms with E-state index in [4.69, 9.17) is 13.9 Å². The number of hydrogen-bond donors (Lipinski definition) is 1. The Bertz CT molecular complexity index is 2410. The SMILES string of the molecule is COc1ccc(F)cc1[C@H](Cn1c(=O)n([C@@H]2CCCNC2=O)c(=O)c2c(C)c(-n3nccn3)sc21)OCCO[Si](c1ccccc1)(c1ccccc1)C(C)(C)C. The number of hydrogen-bond acceptors (Lipinski definition) is 9. The number of rotatable bonds is 13. The minimum absolute atomic E-state index is 0.0727. The van der Waals surface area contributed by atoms with E-state index in [1.165, 1.54) is 58.4 Å². The highest BCUT2D eigenvalue weighted by atomic mass is 32.1. The van der Waals surface area contributed by atoms with Crippen LogP contribution in [0, 0.1) is 12.7 Å². The van der Waals surface area contributed by atoms with Crippen molar-refractivity contribution in [2.75, 3.05) is 26.9 Å². The molecule has 3 aromatic heterocycles. The largest absolute Gasteiger partial charge is 0.496 e. The average molecular weight is 797 g/mol. The van der Waals surface area contributed by atoms with Crippen LogP contribution in [0.2, 0.25) is 5.04 Å². The predicted molar refractivity (Wildman–Crippen MR) is 216 cm³/mol. The fourth-order valence-corrected chi connectivity index (χ4v) is 13.6. The number of thiophene rings is 1. The Morgan fingerprint density at radius 3 is 2.23 bits per heavy atom. The van der Waals surface area contributed by atoms with Gasteiger partial charge in [0.15, 0.2) is 0 Å². The number of ether oxygens (including phenoxy) is 2. The summed E-state index contributed by atoms with van der Waals surface area (Å²) in [6.07, 6.45) is 3.01. The summed E-state index contributed by atoms with van der Waals surface area (Å²) >= 11 is 1.18. The number of piperidine rings is 1. The number of carbonyl (C=O) groups excluding carboxylic acids is 1. The number of amides is 1. The van der Waals surface area contributed by atoms with Crippen molar-refractivity contribution in [3.05, 3.63) is 129 Å². The Morgan fingerprint density at radius 2 is 1.62 bits per heavy atom. The van der Waals surface area contributed by atoms with Gasteiger partial charge in [0.05, 0.1) is 44.6 Å². The number of benzene rings is 3. The van der Waals surface area contributed by atoms with Crippen LogP contribution in [0.25, 0.3) is 15.2 Å². The van der Waals surface area contributed by atoms with Crippen molar-refractivity contribution in [3.8, 4) is 10.8 Å². The van der Waals surface area contributed by atoms with Gasteiger partial charge < -0.3 is 19.2 Å². The highest BCUT2D eigenvalue weighted by molar-refractivity contribution is 7.21. The van der Waals surface area contributed by atoms with Crippen molar-refractivity contribution in [2.24, 2.45) is 0 Å². The van der Waals surface area contributed by atoms with Gasteiger partial charge in [-0.05, 0) is 53.4 Å². The Balaban J connectivity index is 1.32. The molecular formula is C41H45FN6O6SSi. The van der Waals surface area contributed by atoms with E-state index in [-0.39, 0.29) is 30.2 Å². The normalized spacial score (nSPS) is 15.5. The molecule has 15 heteroatoms. The van der Waals surface area contributed by atoms with Gasteiger partial charge >= 0.3 is 5.69 Å². The quantitative estimate of drug-likeness (QED) is 0.127. The van der Waals surface area contributed by atoms with Crippen molar-refractivity contribution in [1.82, 2.24) is 29.4 Å². The van der Waals surface area contributed by atoms with Crippen LogP contribution in [0.4, 0.5) is 4.39 Å². The number of halogens is 1. The molecule has 0 aliphatic carbocycles. The van der Waals surface area contributed by atoms with Gasteiger partial charge in [0.25, 0.3) is 13.9 Å². The molecule has 0 radical (unpaired) electrons. The minimum atomic E-state index is -2.92. The summed E-state index contributed by atoms with van der Waals surface area (Å²) in [6, 6.07) is 23.6. The predicted octanol–water partition coefficient (Wildman–Crippen LogP) is 5.05. The van der Waals surface area contributed by atoms with Crippen LogP contribution in [0.5, 0.6) is 5.75 Å². The zero-order valence-corrected chi connectivity index (χ0v) is 33.8. The monoisotopic (exact) mass is 796 g/mol. The summed E-state index contributed by atoms with van der Waals surface area (Å²) < 4.78 is 37.0. The summed E-state index contributed by atoms with van der Waals surface area (Å²) in [6.45, 7) is 8.91. The molecule has 4 heterocycles. The lowest BCUT2D eigenvalue weighted by Crippen LogP contribution is -2.66. The maximum atomic E-state index is 15.1. The van der Waals surface area contributed by atoms with E-state index >= 15 is 4.39 Å². The summed E-state index contributed by atoms with van der Waals surface area (Å²) in [5.41, 5.74) is -0.328. The van der Waals surface area contributed by atoms with Crippen LogP contribution in [0.15, 0.2) is 101 Å². The van der Waals surface area contributed by atoms with Crippen LogP contribution < -0.4 is 31.7 Å². The molecule has 1 fully saturated rings. The fraction of sp³-hybridized carbons (Fsp3) is 0.341. The first-order chi connectivity index (χ1) is 27.0. The molecule has 7 rings (SSSR count). The van der Waals surface area contributed by atoms with Crippen molar-refractivity contribution in [3.63, 3.8) is 0 Å². The topological polar surface area (TPSA) is 132 Å². The molecule has 0 saturated carbocycles. The molecule has 1 aliphatic heterocycles. The van der Waals surface area contributed by atoms with Crippen molar-refractivity contribution >= 4 is 46.2 Å². The molecule has 1 aliphatic rings. The van der Waals surface area contributed by atoms with Gasteiger partial charge in [0, 0.05) is 17.7 Å². The molecule has 0 unspecified atom stereocenters. The highest BCUT2D eigenvalue weighted by Crippen LogP contribution is 2.38. The molecule has 1 amide bonds. The summed E-state index contributed by atoms with van der Waals surface area (Å²) in [7, 11) is -1.44. The van der Waals surface area contributed by atoms with E-state index in [0.29, 0.717) is 46.1 Å². The number of nitrogens with one attached hydrogen (secondary N) is 1. The van der Waals surface area contributed by atoms with Gasteiger partial charge in [-0.15, -0.1) is 4.80 Å². The molecule has 0 spiro atoms. The molecule has 3 aromatic carbocycles. The minimum Gasteiger partial charge on any atom is -0.496 e. The lowest BCUT2D eigenvalue weighted by molar-refractivity contribution is -0.126. The van der Waals surface area contributed by atoms with Crippen molar-refractivity contribution < 1.29 is 23.1 Å². The third-order valence-corrected chi connectivity index (χ3v) is 16.7. The van der Waals surface area contributed by atoms with Crippen LogP contribution in [0.3, 0.4) is 0 Å². The Morgan fingerprint density at radius 1 is 0.964 bits per heavy atom. The van der Waals surface area contributed by atoms with E-state index in [1.807, 2.05) is 36.4 Å². The smallest absolute Gasteiger partial charge is 0.332 e. The van der Waals surface area contributed by atoms with Gasteiger partial charge in [0.1, 0.15) is 33.5 Å². The van der Waals surface area contributed by atoms with E-state index in [2.05, 4.69) is 60.6 Å². The lowest BCUT2D eigenvalue weighted by atomic mass is 10.1. The van der Waals surface area contributed by atoms with Gasteiger partial charge in [-0.3, -0.25) is 14.2 Å². The molecule has 1 N–H and O–H groups in total. The molecule has 0 bridgehead atoms. The molecular weight excluding hydrogens is 752 g/mol. The standard InChI is InChI=1S/C41H45FN6O6SSi/c1-27-35-37(50)47(32-17-12-20-43-36(32)49)40(51)46(39(35)55-38(27)48-44-21-22-45-48)26-34(31-25-28(42)18-19-33(31)52-5)53-23-24-54-56(41(2,3)4,29-13-8-6-9-14-29)30-15-10-7-11-16-30/h6-11,13-16,18-19,21-22,25,32,34H,12,17,20,23-24,26H2,1-5H3,(H,43,49)/t32-,34+/m1/s1. The van der Waals surface area contributed by atoms with Crippen LogP contribution in [-0.2, 0) is 20.5 Å². The molecule has 6 aromatic rings. The van der Waals surface area contributed by atoms with E-state index in [9.17, 15) is 14.4 Å². The highest BCUT2D eigenvalue weighted by Gasteiger charge is 2.50. The lowest BCUT2D eigenvalue weighted by Gasteiger charge is -2.43. The van der Waals surface area contributed by atoms with Gasteiger partial charge in [-0.2, -0.15) is 10.2 Å². The first-order valence-corrected chi connectivity index (χ1v) is 21.3. The van der Waals surface area contributed by atoms with E-state index in [0.717, 1.165) is 14.9 Å². The molecule has 1 saturated heterocycles. The summed E-state index contributed by atoms with van der Waals surface area (Å²) in [5, 5.41) is 14.1. The Kier molecular flexibility index (Phi) is 11.2. The number of nitrogens with zero attached hydrogens (tertiary/aromatic N) is 5. The van der Waals surface area contributed by atoms with Crippen LogP contribution >= 0.6 is 11.3 Å². The zero-order chi connectivity index (χ0) is 39.6. The maximum absolute atomic E-state index is 15.1. The van der Waals surface area contributed by atoms with E-state index < -0.39 is 43.4 Å². The summed E-state index contributed by atoms with van der Waals surface area (Å²) in [5.74, 6) is -0.557. The van der Waals surface area contributed by atoms with Crippen LogP contribution in [0.1, 0.15) is 56.9 Å². The second kappa shape index (κ2) is 16.1. The molecule has 56 heavy (non-hydrogen) atoms. The number of fused-ring (bicyclic) bond motifs is 1. The third-order valence-electron chi connectivity index (χ3n) is 10.4. The molecule has 12 nitrogen and oxygen atoms in total. The van der Waals surface area contributed by atoms with Gasteiger partial charge in [0.2, 0.25) is 5.91 Å². The second-order valence-corrected chi connectivity index (χ2v) is 20.1. The van der Waals surface area contributed by atoms with Crippen molar-refractivity contribution in [2.45, 2.75) is 64.3 Å². The average Bonchev–Trinajstić information content (AvgIpc) is 3.85. The first-order valence-electron chi connectivity index (χ1n) is 18.6. The maximum Gasteiger partial charge on any atom is 0.332 e. The number of carbonyl (C=O) groups is 1. The van der Waals surface area contributed by atoms with Gasteiger partial charge in [-0.25, -0.2) is 13.8 Å². The van der Waals surface area contributed by atoms with Gasteiger partial charge in [-0.1, -0.05) is 92.8 Å². The zero-order valence-electron chi connectivity index (χ0n) is 32.0. The number of aromatic nitrogens is 5.